The van der Waals surface area contributed by atoms with E-state index in [1.807, 2.05) is 78.2 Å². The SMILES string of the molecule is COc1cc(/C=N\NC(=O)c2ccc(-c3csc(Nc4ccccc4)n3)cc2)ccc1OCc1ccccc1Cl. The summed E-state index contributed by atoms with van der Waals surface area (Å²) in [5, 5.41) is 10.8. The van der Waals surface area contributed by atoms with Crippen LogP contribution in [0.15, 0.2) is 108 Å². The zero-order valence-corrected chi connectivity index (χ0v) is 23.1. The Morgan fingerprint density at radius 2 is 1.75 bits per heavy atom. The fourth-order valence-electron chi connectivity index (χ4n) is 3.79. The molecule has 0 radical (unpaired) electrons. The number of ether oxygens (including phenoxy) is 2. The maximum atomic E-state index is 12.6. The summed E-state index contributed by atoms with van der Waals surface area (Å²) in [6, 6.07) is 30.0. The Morgan fingerprint density at radius 1 is 0.975 bits per heavy atom. The van der Waals surface area contributed by atoms with E-state index in [0.717, 1.165) is 33.2 Å². The van der Waals surface area contributed by atoms with E-state index in [1.165, 1.54) is 11.3 Å². The van der Waals surface area contributed by atoms with Crippen LogP contribution in [0.1, 0.15) is 21.5 Å². The number of methoxy groups -OCH3 is 1. The van der Waals surface area contributed by atoms with Crippen molar-refractivity contribution in [2.75, 3.05) is 12.4 Å². The smallest absolute Gasteiger partial charge is 0.271 e. The average molecular weight is 569 g/mol. The Labute approximate surface area is 241 Å². The van der Waals surface area contributed by atoms with Crippen LogP contribution in [-0.4, -0.2) is 24.2 Å². The lowest BCUT2D eigenvalue weighted by atomic mass is 10.1. The van der Waals surface area contributed by atoms with E-state index in [0.29, 0.717) is 28.7 Å². The molecule has 0 saturated carbocycles. The van der Waals surface area contributed by atoms with Gasteiger partial charge >= 0.3 is 0 Å². The number of hydrogen-bond acceptors (Lipinski definition) is 7. The molecule has 40 heavy (non-hydrogen) atoms. The molecule has 9 heteroatoms. The number of benzene rings is 4. The number of para-hydroxylation sites is 1. The van der Waals surface area contributed by atoms with Crippen molar-refractivity contribution in [3.05, 3.63) is 124 Å². The number of hydrogen-bond donors (Lipinski definition) is 2. The van der Waals surface area contributed by atoms with E-state index in [-0.39, 0.29) is 5.91 Å². The third-order valence-electron chi connectivity index (χ3n) is 5.88. The number of halogens is 1. The van der Waals surface area contributed by atoms with Crippen LogP contribution >= 0.6 is 22.9 Å². The maximum absolute atomic E-state index is 12.6. The van der Waals surface area contributed by atoms with Gasteiger partial charge in [-0.15, -0.1) is 11.3 Å². The first kappa shape index (κ1) is 26.9. The van der Waals surface area contributed by atoms with Gasteiger partial charge in [-0.1, -0.05) is 60.1 Å². The van der Waals surface area contributed by atoms with Crippen molar-refractivity contribution in [3.63, 3.8) is 0 Å². The normalized spacial score (nSPS) is 10.8. The summed E-state index contributed by atoms with van der Waals surface area (Å²) in [6.07, 6.45) is 1.54. The van der Waals surface area contributed by atoms with Crippen LogP contribution in [0, 0.1) is 0 Å². The molecule has 0 unspecified atom stereocenters. The van der Waals surface area contributed by atoms with E-state index >= 15 is 0 Å². The first-order valence-electron chi connectivity index (χ1n) is 12.3. The monoisotopic (exact) mass is 568 g/mol. The van der Waals surface area contributed by atoms with Gasteiger partial charge in [0.2, 0.25) is 0 Å². The number of anilines is 2. The lowest BCUT2D eigenvalue weighted by Crippen LogP contribution is -2.17. The molecule has 0 aliphatic carbocycles. The van der Waals surface area contributed by atoms with Gasteiger partial charge in [0, 0.05) is 32.8 Å². The van der Waals surface area contributed by atoms with Crippen molar-refractivity contribution in [3.8, 4) is 22.8 Å². The largest absolute Gasteiger partial charge is 0.493 e. The quantitative estimate of drug-likeness (QED) is 0.134. The number of thiazole rings is 1. The minimum Gasteiger partial charge on any atom is -0.493 e. The second kappa shape index (κ2) is 12.9. The lowest BCUT2D eigenvalue weighted by Gasteiger charge is -2.12. The van der Waals surface area contributed by atoms with Crippen LogP contribution in [0.25, 0.3) is 11.3 Å². The first-order valence-corrected chi connectivity index (χ1v) is 13.6. The highest BCUT2D eigenvalue weighted by atomic mass is 35.5. The molecular formula is C31H25ClN4O3S. The Morgan fingerprint density at radius 3 is 2.52 bits per heavy atom. The summed E-state index contributed by atoms with van der Waals surface area (Å²) < 4.78 is 11.4. The standard InChI is InChI=1S/C31H25ClN4O3S/c1-38-29-17-21(11-16-28(29)39-19-24-7-5-6-10-26(24)32)18-33-36-30(37)23-14-12-22(13-15-23)27-20-40-31(35-27)34-25-8-3-2-4-9-25/h2-18,20H,19H2,1H3,(H,34,35)(H,36,37)/b33-18-. The van der Waals surface area contributed by atoms with Gasteiger partial charge in [-0.2, -0.15) is 5.10 Å². The predicted molar refractivity (Wildman–Crippen MR) is 161 cm³/mol. The van der Waals surface area contributed by atoms with Crippen LogP contribution in [0.5, 0.6) is 11.5 Å². The molecule has 4 aromatic carbocycles. The predicted octanol–water partition coefficient (Wildman–Crippen LogP) is 7.56. The molecule has 0 bridgehead atoms. The maximum Gasteiger partial charge on any atom is 0.271 e. The molecule has 1 heterocycles. The molecule has 5 rings (SSSR count). The number of amides is 1. The number of nitrogens with zero attached hydrogens (tertiary/aromatic N) is 2. The van der Waals surface area contributed by atoms with E-state index < -0.39 is 0 Å². The summed E-state index contributed by atoms with van der Waals surface area (Å²) in [7, 11) is 1.57. The number of nitrogens with one attached hydrogen (secondary N) is 2. The molecule has 2 N–H and O–H groups in total. The average Bonchev–Trinajstić information content (AvgIpc) is 3.46. The van der Waals surface area contributed by atoms with Crippen molar-refractivity contribution in [2.24, 2.45) is 5.10 Å². The van der Waals surface area contributed by atoms with Crippen LogP contribution < -0.4 is 20.2 Å². The fraction of sp³-hybridized carbons (Fsp3) is 0.0645. The molecule has 1 amide bonds. The van der Waals surface area contributed by atoms with E-state index in [2.05, 4.69) is 20.8 Å². The van der Waals surface area contributed by atoms with Gasteiger partial charge in [0.25, 0.3) is 5.91 Å². The second-order valence-corrected chi connectivity index (χ2v) is 9.86. The summed E-state index contributed by atoms with van der Waals surface area (Å²) in [5.74, 6) is 0.799. The molecule has 5 aromatic rings. The molecule has 0 aliphatic heterocycles. The molecule has 200 valence electrons. The highest BCUT2D eigenvalue weighted by Gasteiger charge is 2.09. The number of carbonyl (C=O) groups excluding carboxylic acids is 1. The summed E-state index contributed by atoms with van der Waals surface area (Å²) in [5.41, 5.74) is 7.40. The number of rotatable bonds is 10. The molecule has 0 aliphatic rings. The van der Waals surface area contributed by atoms with Gasteiger partial charge < -0.3 is 14.8 Å². The highest BCUT2D eigenvalue weighted by molar-refractivity contribution is 7.14. The van der Waals surface area contributed by atoms with E-state index in [1.54, 1.807) is 37.6 Å². The van der Waals surface area contributed by atoms with Crippen LogP contribution in [0.3, 0.4) is 0 Å². The van der Waals surface area contributed by atoms with Crippen molar-refractivity contribution >= 4 is 45.9 Å². The van der Waals surface area contributed by atoms with Gasteiger partial charge in [0.1, 0.15) is 6.61 Å². The van der Waals surface area contributed by atoms with Crippen molar-refractivity contribution in [1.29, 1.82) is 0 Å². The number of hydrazone groups is 1. The zero-order valence-electron chi connectivity index (χ0n) is 21.5. The highest BCUT2D eigenvalue weighted by Crippen LogP contribution is 2.30. The molecule has 0 fully saturated rings. The molecule has 1 aromatic heterocycles. The first-order chi connectivity index (χ1) is 19.6. The third-order valence-corrected chi connectivity index (χ3v) is 7.01. The van der Waals surface area contributed by atoms with Crippen molar-refractivity contribution < 1.29 is 14.3 Å². The van der Waals surface area contributed by atoms with Crippen LogP contribution in [0.2, 0.25) is 5.02 Å². The number of aromatic nitrogens is 1. The summed E-state index contributed by atoms with van der Waals surface area (Å²) in [4.78, 5) is 17.3. The summed E-state index contributed by atoms with van der Waals surface area (Å²) in [6.45, 7) is 0.312. The zero-order chi connectivity index (χ0) is 27.7. The van der Waals surface area contributed by atoms with Gasteiger partial charge in [0.15, 0.2) is 16.6 Å². The number of carbonyl (C=O) groups is 1. The molecule has 0 spiro atoms. The molecular weight excluding hydrogens is 544 g/mol. The van der Waals surface area contributed by atoms with Crippen LogP contribution in [0.4, 0.5) is 10.8 Å². The van der Waals surface area contributed by atoms with Gasteiger partial charge in [0.05, 0.1) is 19.0 Å². The Kier molecular flexibility index (Phi) is 8.70. The minimum absolute atomic E-state index is 0.312. The third kappa shape index (κ3) is 6.85. The van der Waals surface area contributed by atoms with Crippen LogP contribution in [-0.2, 0) is 6.61 Å². The van der Waals surface area contributed by atoms with Crippen molar-refractivity contribution in [1.82, 2.24) is 10.4 Å². The second-order valence-electron chi connectivity index (χ2n) is 8.60. The summed E-state index contributed by atoms with van der Waals surface area (Å²) >= 11 is 7.73. The van der Waals surface area contributed by atoms with Gasteiger partial charge in [-0.05, 0) is 54.1 Å². The van der Waals surface area contributed by atoms with Crippen molar-refractivity contribution in [2.45, 2.75) is 6.61 Å². The van der Waals surface area contributed by atoms with E-state index in [4.69, 9.17) is 21.1 Å². The minimum atomic E-state index is -0.320. The fourth-order valence-corrected chi connectivity index (χ4v) is 4.72. The Bertz CT molecular complexity index is 1620. The van der Waals surface area contributed by atoms with E-state index in [9.17, 15) is 4.79 Å². The Hall–Kier alpha value is -4.66. The van der Waals surface area contributed by atoms with Gasteiger partial charge in [-0.25, -0.2) is 10.4 Å². The Balaban J connectivity index is 1.16. The molecule has 7 nitrogen and oxygen atoms in total. The molecule has 0 atom stereocenters. The lowest BCUT2D eigenvalue weighted by molar-refractivity contribution is 0.0955. The topological polar surface area (TPSA) is 84.8 Å². The van der Waals surface area contributed by atoms with Gasteiger partial charge in [-0.3, -0.25) is 4.79 Å². The molecule has 0 saturated heterocycles.